The zero-order valence-electron chi connectivity index (χ0n) is 14.7. The Kier molecular flexibility index (Phi) is 5.25. The van der Waals surface area contributed by atoms with E-state index in [2.05, 4.69) is 0 Å². The summed E-state index contributed by atoms with van der Waals surface area (Å²) in [6, 6.07) is 10.4. The molecule has 134 valence electrons. The number of aliphatic hydroxyl groups excluding tert-OH is 1. The number of thiophene rings is 1. The van der Waals surface area contributed by atoms with Crippen LogP contribution < -0.4 is 0 Å². The van der Waals surface area contributed by atoms with Gasteiger partial charge in [-0.25, -0.2) is 4.39 Å². The van der Waals surface area contributed by atoms with E-state index in [1.54, 1.807) is 34.4 Å². The first-order valence-corrected chi connectivity index (χ1v) is 9.55. The first kappa shape index (κ1) is 18.1. The molecule has 0 bridgehead atoms. The van der Waals surface area contributed by atoms with Crippen LogP contribution >= 0.6 is 11.3 Å². The van der Waals surface area contributed by atoms with Crippen molar-refractivity contribution in [2.24, 2.45) is 0 Å². The van der Waals surface area contributed by atoms with Gasteiger partial charge in [-0.05, 0) is 44.4 Å². The van der Waals surface area contributed by atoms with Crippen molar-refractivity contribution in [2.75, 3.05) is 6.61 Å². The zero-order valence-corrected chi connectivity index (χ0v) is 15.5. The number of benzene rings is 1. The summed E-state index contributed by atoms with van der Waals surface area (Å²) in [7, 11) is 0. The number of rotatable bonds is 7. The van der Waals surface area contributed by atoms with Crippen molar-refractivity contribution in [1.29, 1.82) is 0 Å². The van der Waals surface area contributed by atoms with E-state index in [0.29, 0.717) is 31.4 Å². The van der Waals surface area contributed by atoms with Crippen LogP contribution in [0.5, 0.6) is 0 Å². The third-order valence-corrected chi connectivity index (χ3v) is 6.04. The maximum Gasteiger partial charge on any atom is 0.233 e. The van der Waals surface area contributed by atoms with Crippen LogP contribution in [-0.2, 0) is 16.8 Å². The predicted molar refractivity (Wildman–Crippen MR) is 98.1 cm³/mol. The number of amides is 1. The molecule has 0 unspecified atom stereocenters. The monoisotopic (exact) mass is 361 g/mol. The lowest BCUT2D eigenvalue weighted by atomic mass is 9.92. The van der Waals surface area contributed by atoms with Crippen molar-refractivity contribution in [2.45, 2.75) is 51.1 Å². The third-order valence-electron chi connectivity index (χ3n) is 5.05. The van der Waals surface area contributed by atoms with Gasteiger partial charge in [-0.15, -0.1) is 11.3 Å². The second-order valence-electron chi connectivity index (χ2n) is 6.75. The van der Waals surface area contributed by atoms with E-state index in [0.717, 1.165) is 4.88 Å². The lowest BCUT2D eigenvalue weighted by molar-refractivity contribution is -0.138. The molecule has 0 radical (unpaired) electrons. The molecule has 1 aliphatic rings. The van der Waals surface area contributed by atoms with Crippen molar-refractivity contribution in [3.8, 4) is 0 Å². The minimum absolute atomic E-state index is 0.0652. The highest BCUT2D eigenvalue weighted by atomic mass is 32.1. The predicted octanol–water partition coefficient (Wildman–Crippen LogP) is 4.03. The molecule has 1 heterocycles. The Morgan fingerprint density at radius 1 is 1.32 bits per heavy atom. The van der Waals surface area contributed by atoms with Gasteiger partial charge >= 0.3 is 0 Å². The van der Waals surface area contributed by atoms with E-state index in [4.69, 9.17) is 0 Å². The minimum atomic E-state index is -0.764. The van der Waals surface area contributed by atoms with E-state index in [1.165, 1.54) is 10.9 Å². The topological polar surface area (TPSA) is 40.5 Å². The van der Waals surface area contributed by atoms with E-state index < -0.39 is 5.41 Å². The van der Waals surface area contributed by atoms with E-state index in [9.17, 15) is 14.3 Å². The lowest BCUT2D eigenvalue weighted by Crippen LogP contribution is -2.46. The highest BCUT2D eigenvalue weighted by molar-refractivity contribution is 7.11. The normalized spacial score (nSPS) is 16.5. The Balaban J connectivity index is 1.92. The number of nitrogens with zero attached hydrogens (tertiary/aromatic N) is 1. The Morgan fingerprint density at radius 2 is 2.04 bits per heavy atom. The summed E-state index contributed by atoms with van der Waals surface area (Å²) < 4.78 is 14.3. The first-order valence-electron chi connectivity index (χ1n) is 8.74. The van der Waals surface area contributed by atoms with Crippen LogP contribution in [-0.4, -0.2) is 28.6 Å². The quantitative estimate of drug-likeness (QED) is 0.809. The summed E-state index contributed by atoms with van der Waals surface area (Å²) in [5.41, 5.74) is -0.277. The molecule has 1 fully saturated rings. The summed E-state index contributed by atoms with van der Waals surface area (Å²) in [6.45, 7) is 4.38. The van der Waals surface area contributed by atoms with E-state index in [1.807, 2.05) is 26.0 Å². The molecule has 2 aromatic rings. The van der Waals surface area contributed by atoms with Gasteiger partial charge in [0.05, 0.1) is 24.6 Å². The summed E-state index contributed by atoms with van der Waals surface area (Å²) >= 11 is 1.65. The molecule has 25 heavy (non-hydrogen) atoms. The number of carbonyl (C=O) groups is 1. The highest BCUT2D eigenvalue weighted by Gasteiger charge is 2.55. The molecule has 0 aliphatic heterocycles. The Bertz CT molecular complexity index is 750. The van der Waals surface area contributed by atoms with Crippen LogP contribution in [0.2, 0.25) is 0 Å². The van der Waals surface area contributed by atoms with E-state index >= 15 is 0 Å². The van der Waals surface area contributed by atoms with Gasteiger partial charge < -0.3 is 10.0 Å². The number of carbonyl (C=O) groups excluding carboxylic acids is 1. The Hall–Kier alpha value is -1.72. The molecule has 1 aromatic heterocycles. The second-order valence-corrected chi connectivity index (χ2v) is 8.12. The summed E-state index contributed by atoms with van der Waals surface area (Å²) in [5.74, 6) is -0.387. The molecule has 1 atom stereocenters. The van der Waals surface area contributed by atoms with Crippen molar-refractivity contribution < 1.29 is 14.3 Å². The Morgan fingerprint density at radius 3 is 2.56 bits per heavy atom. The van der Waals surface area contributed by atoms with Gasteiger partial charge in [0.1, 0.15) is 5.82 Å². The molecule has 0 saturated heterocycles. The average Bonchev–Trinajstić information content (AvgIpc) is 3.31. The van der Waals surface area contributed by atoms with Crippen molar-refractivity contribution >= 4 is 17.2 Å². The fourth-order valence-corrected chi connectivity index (χ4v) is 4.29. The fraction of sp³-hybridized carbons (Fsp3) is 0.450. The van der Waals surface area contributed by atoms with Crippen LogP contribution in [0.25, 0.3) is 0 Å². The van der Waals surface area contributed by atoms with Gasteiger partial charge in [0, 0.05) is 15.3 Å². The summed E-state index contributed by atoms with van der Waals surface area (Å²) in [6.07, 6.45) is 1.99. The number of aliphatic hydroxyl groups is 1. The number of hydrogen-bond donors (Lipinski definition) is 1. The standard InChI is InChI=1S/C20H24FNO2S/c1-3-15(13-23)22(12-16-9-8-14(2)25-16)19(24)20(10-11-20)17-6-4-5-7-18(17)21/h4-9,15,23H,3,10-13H2,1-2H3/t15-/m0/s1. The molecule has 1 aliphatic carbocycles. The van der Waals surface area contributed by atoms with Gasteiger partial charge in [-0.3, -0.25) is 4.79 Å². The smallest absolute Gasteiger partial charge is 0.233 e. The van der Waals surface area contributed by atoms with Gasteiger partial charge in [-0.2, -0.15) is 0 Å². The van der Waals surface area contributed by atoms with Gasteiger partial charge in [0.15, 0.2) is 0 Å². The largest absolute Gasteiger partial charge is 0.394 e. The van der Waals surface area contributed by atoms with E-state index in [-0.39, 0.29) is 24.4 Å². The van der Waals surface area contributed by atoms with Gasteiger partial charge in [-0.1, -0.05) is 25.1 Å². The molecule has 5 heteroatoms. The highest BCUT2D eigenvalue weighted by Crippen LogP contribution is 2.51. The molecule has 1 saturated carbocycles. The van der Waals surface area contributed by atoms with Crippen LogP contribution in [0.1, 0.15) is 41.5 Å². The fourth-order valence-electron chi connectivity index (χ4n) is 3.40. The van der Waals surface area contributed by atoms with Crippen LogP contribution in [0, 0.1) is 12.7 Å². The molecule has 1 amide bonds. The third kappa shape index (κ3) is 3.48. The zero-order chi connectivity index (χ0) is 18.0. The van der Waals surface area contributed by atoms with Crippen LogP contribution in [0.15, 0.2) is 36.4 Å². The SMILES string of the molecule is CC[C@@H](CO)N(Cc1ccc(C)s1)C(=O)C1(c2ccccc2F)CC1. The molecule has 1 aromatic carbocycles. The summed E-state index contributed by atoms with van der Waals surface area (Å²) in [5, 5.41) is 9.78. The minimum Gasteiger partial charge on any atom is -0.394 e. The lowest BCUT2D eigenvalue weighted by Gasteiger charge is -2.33. The number of hydrogen-bond acceptors (Lipinski definition) is 3. The molecule has 1 N–H and O–H groups in total. The van der Waals surface area contributed by atoms with Gasteiger partial charge in [0.2, 0.25) is 5.91 Å². The molecule has 0 spiro atoms. The van der Waals surface area contributed by atoms with Crippen molar-refractivity contribution in [1.82, 2.24) is 4.90 Å². The maximum atomic E-state index is 14.3. The molecular formula is C20H24FNO2S. The average molecular weight is 361 g/mol. The van der Waals surface area contributed by atoms with Crippen molar-refractivity contribution in [3.63, 3.8) is 0 Å². The Labute approximate surface area is 152 Å². The first-order chi connectivity index (χ1) is 12.0. The maximum absolute atomic E-state index is 14.3. The second kappa shape index (κ2) is 7.26. The van der Waals surface area contributed by atoms with Gasteiger partial charge in [0.25, 0.3) is 0 Å². The number of aryl methyl sites for hydroxylation is 1. The summed E-state index contributed by atoms with van der Waals surface area (Å²) in [4.78, 5) is 17.4. The van der Waals surface area contributed by atoms with Crippen molar-refractivity contribution in [3.05, 3.63) is 57.5 Å². The molecule has 3 nitrogen and oxygen atoms in total. The van der Waals surface area contributed by atoms with Crippen LogP contribution in [0.3, 0.4) is 0 Å². The number of halogens is 1. The molecule has 3 rings (SSSR count). The van der Waals surface area contributed by atoms with Crippen LogP contribution in [0.4, 0.5) is 4.39 Å². The molecular weight excluding hydrogens is 337 g/mol.